The molecule has 5 N–H and O–H groups in total. The number of carbonyl (C=O) groups is 1. The van der Waals surface area contributed by atoms with Gasteiger partial charge in [-0.25, -0.2) is 5.84 Å². The molecule has 1 unspecified atom stereocenters. The maximum absolute atomic E-state index is 10.7. The Morgan fingerprint density at radius 1 is 1.80 bits per heavy atom. The maximum atomic E-state index is 10.7. The normalized spacial score (nSPS) is 32.2. The number of nitrogens with two attached hydrogens (primary N) is 1. The molecule has 0 aromatic rings. The molecule has 0 saturated carbocycles. The van der Waals surface area contributed by atoms with Crippen LogP contribution >= 0.6 is 0 Å². The number of amides is 1. The fraction of sp³-hybridized carbons (Fsp3) is 0.800. The van der Waals surface area contributed by atoms with E-state index in [9.17, 15) is 4.79 Å². The van der Waals surface area contributed by atoms with E-state index in [-0.39, 0.29) is 11.9 Å². The molecule has 0 spiro atoms. The lowest BCUT2D eigenvalue weighted by atomic mass is 10.2. The van der Waals surface area contributed by atoms with Crippen molar-refractivity contribution in [1.29, 1.82) is 0 Å². The molecule has 0 aromatic heterocycles. The van der Waals surface area contributed by atoms with E-state index in [2.05, 4.69) is 5.32 Å². The van der Waals surface area contributed by atoms with Crippen LogP contribution in [0.25, 0.3) is 0 Å². The minimum Gasteiger partial charge on any atom is -0.392 e. The third kappa shape index (κ3) is 1.44. The number of carbonyl (C=O) groups excluding carboxylic acids is 1. The molecule has 0 radical (unpaired) electrons. The summed E-state index contributed by atoms with van der Waals surface area (Å²) >= 11 is 0. The van der Waals surface area contributed by atoms with E-state index in [1.54, 1.807) is 0 Å². The number of hydrogen-bond donors (Lipinski definition) is 4. The van der Waals surface area contributed by atoms with Crippen molar-refractivity contribution in [2.45, 2.75) is 18.6 Å². The van der Waals surface area contributed by atoms with E-state index in [0.29, 0.717) is 13.0 Å². The standard InChI is InChI=1S/C5H11N3O2/c6-8-5(10)4-1-3(9)2-7-4/h3-4,7,9H,1-2,6H2,(H,8,10)/t3?,4-/m0/s1. The number of rotatable bonds is 1. The monoisotopic (exact) mass is 145 g/mol. The van der Waals surface area contributed by atoms with Crippen molar-refractivity contribution in [3.8, 4) is 0 Å². The Labute approximate surface area is 58.6 Å². The summed E-state index contributed by atoms with van der Waals surface area (Å²) in [4.78, 5) is 10.7. The van der Waals surface area contributed by atoms with E-state index < -0.39 is 6.10 Å². The molecule has 10 heavy (non-hydrogen) atoms. The summed E-state index contributed by atoms with van der Waals surface area (Å²) in [5, 5.41) is 11.8. The Kier molecular flexibility index (Phi) is 2.21. The van der Waals surface area contributed by atoms with Gasteiger partial charge in [-0.3, -0.25) is 10.2 Å². The van der Waals surface area contributed by atoms with Crippen LogP contribution in [-0.2, 0) is 4.79 Å². The quantitative estimate of drug-likeness (QED) is 0.190. The van der Waals surface area contributed by atoms with Gasteiger partial charge in [0, 0.05) is 6.54 Å². The average Bonchev–Trinajstić information content (AvgIpc) is 2.34. The third-order valence-electron chi connectivity index (χ3n) is 1.57. The van der Waals surface area contributed by atoms with Crippen LogP contribution in [0.3, 0.4) is 0 Å². The van der Waals surface area contributed by atoms with Crippen molar-refractivity contribution in [2.24, 2.45) is 5.84 Å². The molecule has 1 aliphatic rings. The summed E-state index contributed by atoms with van der Waals surface area (Å²) in [6.45, 7) is 0.470. The molecule has 0 aliphatic carbocycles. The van der Waals surface area contributed by atoms with Gasteiger partial charge in [-0.2, -0.15) is 0 Å². The van der Waals surface area contributed by atoms with Gasteiger partial charge in [0.25, 0.3) is 5.91 Å². The van der Waals surface area contributed by atoms with E-state index in [0.717, 1.165) is 0 Å². The van der Waals surface area contributed by atoms with Crippen LogP contribution in [0.15, 0.2) is 0 Å². The summed E-state index contributed by atoms with van der Waals surface area (Å²) in [5.41, 5.74) is 2.01. The van der Waals surface area contributed by atoms with E-state index in [1.807, 2.05) is 5.43 Å². The van der Waals surface area contributed by atoms with Crippen molar-refractivity contribution in [2.75, 3.05) is 6.54 Å². The van der Waals surface area contributed by atoms with Gasteiger partial charge in [-0.05, 0) is 6.42 Å². The zero-order valence-electron chi connectivity index (χ0n) is 5.50. The van der Waals surface area contributed by atoms with E-state index in [4.69, 9.17) is 10.9 Å². The molecule has 1 amide bonds. The van der Waals surface area contributed by atoms with Crippen LogP contribution in [0.4, 0.5) is 0 Å². The lowest BCUT2D eigenvalue weighted by Crippen LogP contribution is -2.43. The highest BCUT2D eigenvalue weighted by atomic mass is 16.3. The predicted octanol–water partition coefficient (Wildman–Crippen LogP) is -2.30. The van der Waals surface area contributed by atoms with Gasteiger partial charge >= 0.3 is 0 Å². The van der Waals surface area contributed by atoms with Crippen molar-refractivity contribution in [1.82, 2.24) is 10.7 Å². The SMILES string of the molecule is NNC(=O)[C@@H]1CC(O)CN1. The molecule has 1 saturated heterocycles. The number of nitrogens with one attached hydrogen (secondary N) is 2. The molecule has 58 valence electrons. The third-order valence-corrected chi connectivity index (χ3v) is 1.57. The highest BCUT2D eigenvalue weighted by molar-refractivity contribution is 5.81. The van der Waals surface area contributed by atoms with Gasteiger partial charge in [0.15, 0.2) is 0 Å². The first-order valence-electron chi connectivity index (χ1n) is 3.16. The number of hydrogen-bond acceptors (Lipinski definition) is 4. The van der Waals surface area contributed by atoms with Crippen LogP contribution in [0, 0.1) is 0 Å². The van der Waals surface area contributed by atoms with Gasteiger partial charge < -0.3 is 10.4 Å². The second-order valence-corrected chi connectivity index (χ2v) is 2.36. The number of aliphatic hydroxyl groups excluding tert-OH is 1. The fourth-order valence-corrected chi connectivity index (χ4v) is 1.02. The first kappa shape index (κ1) is 7.46. The molecule has 1 rings (SSSR count). The summed E-state index contributed by atoms with van der Waals surface area (Å²) < 4.78 is 0. The molecule has 1 fully saturated rings. The molecular weight excluding hydrogens is 134 g/mol. The average molecular weight is 145 g/mol. The number of β-amino-alcohol motifs (C(OH)–C–C–N with tert-alkyl or cyclic N) is 1. The van der Waals surface area contributed by atoms with Gasteiger partial charge in [0.2, 0.25) is 0 Å². The van der Waals surface area contributed by atoms with Crippen LogP contribution in [-0.4, -0.2) is 29.7 Å². The van der Waals surface area contributed by atoms with Gasteiger partial charge in [0.05, 0.1) is 12.1 Å². The first-order valence-corrected chi connectivity index (χ1v) is 3.16. The zero-order valence-corrected chi connectivity index (χ0v) is 5.50. The number of aliphatic hydroxyl groups is 1. The summed E-state index contributed by atoms with van der Waals surface area (Å²) in [5.74, 6) is 4.61. The lowest BCUT2D eigenvalue weighted by Gasteiger charge is -2.05. The Balaban J connectivity index is 2.37. The van der Waals surface area contributed by atoms with Crippen molar-refractivity contribution in [3.63, 3.8) is 0 Å². The van der Waals surface area contributed by atoms with Crippen LogP contribution in [0.5, 0.6) is 0 Å². The van der Waals surface area contributed by atoms with Gasteiger partial charge in [-0.15, -0.1) is 0 Å². The molecule has 5 heteroatoms. The Morgan fingerprint density at radius 3 is 2.90 bits per heavy atom. The van der Waals surface area contributed by atoms with Crippen LogP contribution in [0.1, 0.15) is 6.42 Å². The largest absolute Gasteiger partial charge is 0.392 e. The summed E-state index contributed by atoms with van der Waals surface area (Å²) in [7, 11) is 0. The molecular formula is C5H11N3O2. The van der Waals surface area contributed by atoms with Crippen LogP contribution in [0.2, 0.25) is 0 Å². The topological polar surface area (TPSA) is 87.4 Å². The molecule has 1 heterocycles. The molecule has 1 aliphatic heterocycles. The van der Waals surface area contributed by atoms with Gasteiger partial charge in [-0.1, -0.05) is 0 Å². The van der Waals surface area contributed by atoms with E-state index >= 15 is 0 Å². The maximum Gasteiger partial charge on any atom is 0.251 e. The van der Waals surface area contributed by atoms with Crippen molar-refractivity contribution in [3.05, 3.63) is 0 Å². The Hall–Kier alpha value is -0.650. The summed E-state index contributed by atoms with van der Waals surface area (Å²) in [6.07, 6.45) is 0.0329. The summed E-state index contributed by atoms with van der Waals surface area (Å²) in [6, 6.07) is -0.319. The highest BCUT2D eigenvalue weighted by Gasteiger charge is 2.27. The second kappa shape index (κ2) is 2.96. The van der Waals surface area contributed by atoms with Crippen molar-refractivity contribution >= 4 is 5.91 Å². The van der Waals surface area contributed by atoms with Crippen molar-refractivity contribution < 1.29 is 9.90 Å². The second-order valence-electron chi connectivity index (χ2n) is 2.36. The first-order chi connectivity index (χ1) is 4.74. The Bertz CT molecular complexity index is 139. The predicted molar refractivity (Wildman–Crippen MR) is 34.7 cm³/mol. The van der Waals surface area contributed by atoms with Crippen LogP contribution < -0.4 is 16.6 Å². The molecule has 5 nitrogen and oxygen atoms in total. The van der Waals surface area contributed by atoms with E-state index in [1.165, 1.54) is 0 Å². The molecule has 0 aromatic carbocycles. The minimum absolute atomic E-state index is 0.267. The zero-order chi connectivity index (χ0) is 7.56. The molecule has 2 atom stereocenters. The smallest absolute Gasteiger partial charge is 0.251 e. The Morgan fingerprint density at radius 2 is 2.50 bits per heavy atom. The lowest BCUT2D eigenvalue weighted by molar-refractivity contribution is -0.123. The highest BCUT2D eigenvalue weighted by Crippen LogP contribution is 2.04. The fourth-order valence-electron chi connectivity index (χ4n) is 1.02. The molecule has 0 bridgehead atoms. The number of hydrazine groups is 1. The van der Waals surface area contributed by atoms with Gasteiger partial charge in [0.1, 0.15) is 0 Å². The minimum atomic E-state index is -0.415.